The predicted molar refractivity (Wildman–Crippen MR) is 45.1 cm³/mol. The maximum absolute atomic E-state index is 10.7. The zero-order chi connectivity index (χ0) is 10.4. The molecule has 0 heterocycles. The fourth-order valence-electron chi connectivity index (χ4n) is 0.687. The van der Waals surface area contributed by atoms with Gasteiger partial charge in [-0.2, -0.15) is 0 Å². The van der Waals surface area contributed by atoms with E-state index in [9.17, 15) is 14.4 Å². The largest absolute Gasteiger partial charge is 0.478 e. The van der Waals surface area contributed by atoms with Crippen LogP contribution in [0.2, 0.25) is 0 Å². The minimum Gasteiger partial charge on any atom is -0.478 e. The van der Waals surface area contributed by atoms with Crippen LogP contribution in [0.5, 0.6) is 0 Å². The van der Waals surface area contributed by atoms with Crippen LogP contribution >= 0.6 is 0 Å². The molecule has 0 aliphatic rings. The number of amides is 1. The minimum atomic E-state index is -1.25. The summed E-state index contributed by atoms with van der Waals surface area (Å²) in [6.07, 6.45) is 0.673. The summed E-state index contributed by atoms with van der Waals surface area (Å²) in [5.74, 6) is -2.07. The first-order chi connectivity index (χ1) is 5.97. The first-order valence-electron chi connectivity index (χ1n) is 3.62. The van der Waals surface area contributed by atoms with Gasteiger partial charge < -0.3 is 10.4 Å². The van der Waals surface area contributed by atoms with Crippen molar-refractivity contribution in [1.29, 1.82) is 0 Å². The van der Waals surface area contributed by atoms with E-state index in [1.807, 2.05) is 0 Å². The molecule has 5 heteroatoms. The number of nitrogens with one attached hydrogen (secondary N) is 1. The Balaban J connectivity index is 4.60. The van der Waals surface area contributed by atoms with Crippen LogP contribution in [0.4, 0.5) is 0 Å². The van der Waals surface area contributed by atoms with Crippen molar-refractivity contribution in [3.8, 4) is 0 Å². The second-order valence-electron chi connectivity index (χ2n) is 2.47. The highest BCUT2D eigenvalue weighted by Gasteiger charge is 2.11. The van der Waals surface area contributed by atoms with Crippen LogP contribution < -0.4 is 5.32 Å². The van der Waals surface area contributed by atoms with Crippen LogP contribution in [-0.2, 0) is 14.4 Å². The van der Waals surface area contributed by atoms with Gasteiger partial charge in [-0.15, -0.1) is 0 Å². The molecular formula is C8H11NO4. The number of carbonyl (C=O) groups excluding carboxylic acids is 2. The zero-order valence-corrected chi connectivity index (χ0v) is 7.46. The topological polar surface area (TPSA) is 83.5 Å². The molecule has 2 N–H and O–H groups in total. The lowest BCUT2D eigenvalue weighted by atomic mass is 10.1. The molecule has 0 fully saturated rings. The van der Waals surface area contributed by atoms with Crippen LogP contribution in [-0.4, -0.2) is 29.8 Å². The first kappa shape index (κ1) is 11.4. The molecule has 0 rings (SSSR count). The van der Waals surface area contributed by atoms with Crippen LogP contribution in [0, 0.1) is 0 Å². The van der Waals surface area contributed by atoms with Gasteiger partial charge >= 0.3 is 5.97 Å². The fraction of sp³-hybridized carbons (Fsp3) is 0.375. The smallest absolute Gasteiger partial charge is 0.332 e. The lowest BCUT2D eigenvalue weighted by Gasteiger charge is -1.98. The Hall–Kier alpha value is -1.65. The lowest BCUT2D eigenvalue weighted by molar-refractivity contribution is -0.134. The van der Waals surface area contributed by atoms with Crippen LogP contribution in [0.3, 0.4) is 0 Å². The normalized spacial score (nSPS) is 10.8. The number of Topliss-reactive ketones (excluding diaryl/α,β-unsaturated/α-hetero) is 1. The molecule has 0 saturated heterocycles. The van der Waals surface area contributed by atoms with E-state index in [4.69, 9.17) is 5.11 Å². The van der Waals surface area contributed by atoms with Crippen molar-refractivity contribution in [2.45, 2.75) is 13.3 Å². The number of carbonyl (C=O) groups is 3. The number of hydrogen-bond donors (Lipinski definition) is 2. The Morgan fingerprint density at radius 1 is 1.38 bits per heavy atom. The summed E-state index contributed by atoms with van der Waals surface area (Å²) >= 11 is 0. The number of ketones is 1. The van der Waals surface area contributed by atoms with E-state index in [1.54, 1.807) is 0 Å². The molecule has 0 aromatic carbocycles. The summed E-state index contributed by atoms with van der Waals surface area (Å²) in [6.45, 7) is 1.26. The molecule has 72 valence electrons. The molecular weight excluding hydrogens is 174 g/mol. The number of hydrogen-bond acceptors (Lipinski definition) is 3. The van der Waals surface area contributed by atoms with Gasteiger partial charge in [0.15, 0.2) is 0 Å². The lowest BCUT2D eigenvalue weighted by Crippen LogP contribution is -2.17. The van der Waals surface area contributed by atoms with Crippen molar-refractivity contribution < 1.29 is 19.5 Å². The predicted octanol–water partition coefficient (Wildman–Crippen LogP) is -0.278. The Morgan fingerprint density at radius 3 is 2.23 bits per heavy atom. The van der Waals surface area contributed by atoms with Crippen LogP contribution in [0.15, 0.2) is 11.6 Å². The van der Waals surface area contributed by atoms with E-state index in [-0.39, 0.29) is 17.8 Å². The highest BCUT2D eigenvalue weighted by Crippen LogP contribution is 2.01. The molecule has 5 nitrogen and oxygen atoms in total. The second-order valence-corrected chi connectivity index (χ2v) is 2.47. The van der Waals surface area contributed by atoms with E-state index in [2.05, 4.69) is 5.32 Å². The highest BCUT2D eigenvalue weighted by atomic mass is 16.4. The Morgan fingerprint density at radius 2 is 1.92 bits per heavy atom. The van der Waals surface area contributed by atoms with Gasteiger partial charge in [-0.05, 0) is 6.92 Å². The Kier molecular flexibility index (Phi) is 4.43. The van der Waals surface area contributed by atoms with E-state index < -0.39 is 11.9 Å². The molecule has 0 atom stereocenters. The van der Waals surface area contributed by atoms with Gasteiger partial charge in [-0.25, -0.2) is 4.79 Å². The maximum Gasteiger partial charge on any atom is 0.332 e. The molecule has 0 bridgehead atoms. The van der Waals surface area contributed by atoms with E-state index in [0.717, 1.165) is 6.08 Å². The molecule has 0 radical (unpaired) electrons. The minimum absolute atomic E-state index is 0.202. The van der Waals surface area contributed by atoms with Crippen molar-refractivity contribution in [3.63, 3.8) is 0 Å². The maximum atomic E-state index is 10.7. The molecule has 0 aromatic heterocycles. The summed E-state index contributed by atoms with van der Waals surface area (Å²) in [5.41, 5.74) is -0.202. The monoisotopic (exact) mass is 185 g/mol. The number of likely N-dealkylation sites (N-methyl/N-ethyl adjacent to an activating group) is 1. The van der Waals surface area contributed by atoms with Gasteiger partial charge in [0.2, 0.25) is 5.91 Å². The fourth-order valence-corrected chi connectivity index (χ4v) is 0.687. The third kappa shape index (κ3) is 4.73. The quantitative estimate of drug-likeness (QED) is 0.590. The van der Waals surface area contributed by atoms with E-state index in [0.29, 0.717) is 0 Å². The summed E-state index contributed by atoms with van der Waals surface area (Å²) in [4.78, 5) is 31.8. The molecule has 0 aliphatic carbocycles. The van der Waals surface area contributed by atoms with Crippen molar-refractivity contribution in [1.82, 2.24) is 5.32 Å². The van der Waals surface area contributed by atoms with Crippen molar-refractivity contribution in [2.24, 2.45) is 0 Å². The van der Waals surface area contributed by atoms with Gasteiger partial charge in [0.25, 0.3) is 0 Å². The number of carboxylic acid groups (broad SMARTS) is 1. The van der Waals surface area contributed by atoms with Crippen molar-refractivity contribution in [2.75, 3.05) is 7.05 Å². The van der Waals surface area contributed by atoms with Crippen molar-refractivity contribution in [3.05, 3.63) is 11.6 Å². The molecule has 0 spiro atoms. The third-order valence-electron chi connectivity index (χ3n) is 1.27. The first-order valence-corrected chi connectivity index (χ1v) is 3.62. The van der Waals surface area contributed by atoms with E-state index in [1.165, 1.54) is 14.0 Å². The zero-order valence-electron chi connectivity index (χ0n) is 7.46. The van der Waals surface area contributed by atoms with Gasteiger partial charge in [0.1, 0.15) is 5.78 Å². The third-order valence-corrected chi connectivity index (χ3v) is 1.27. The number of rotatable bonds is 4. The van der Waals surface area contributed by atoms with E-state index >= 15 is 0 Å². The molecule has 0 aromatic rings. The van der Waals surface area contributed by atoms with Crippen molar-refractivity contribution >= 4 is 17.7 Å². The standard InChI is InChI=1S/C8H11NO4/c1-5(10)3-6(8(12)13)4-7(11)9-2/h4H,3H2,1-2H3,(H,9,11)(H,12,13)/b6-4-. The summed E-state index contributed by atoms with van der Waals surface area (Å²) in [7, 11) is 1.38. The summed E-state index contributed by atoms with van der Waals surface area (Å²) in [5, 5.41) is 10.8. The number of carboxylic acids is 1. The van der Waals surface area contributed by atoms with Crippen LogP contribution in [0.25, 0.3) is 0 Å². The van der Waals surface area contributed by atoms with Gasteiger partial charge in [0.05, 0.1) is 0 Å². The molecule has 0 aliphatic heterocycles. The second kappa shape index (κ2) is 5.08. The van der Waals surface area contributed by atoms with Gasteiger partial charge in [0, 0.05) is 25.1 Å². The van der Waals surface area contributed by atoms with Crippen LogP contribution in [0.1, 0.15) is 13.3 Å². The van der Waals surface area contributed by atoms with Gasteiger partial charge in [-0.1, -0.05) is 0 Å². The van der Waals surface area contributed by atoms with Gasteiger partial charge in [-0.3, -0.25) is 9.59 Å². The SMILES string of the molecule is CNC(=O)/C=C(/CC(C)=O)C(=O)O. The highest BCUT2D eigenvalue weighted by molar-refractivity contribution is 6.01. The molecule has 13 heavy (non-hydrogen) atoms. The Labute approximate surface area is 75.4 Å². The Bertz CT molecular complexity index is 267. The summed E-state index contributed by atoms with van der Waals surface area (Å²) in [6, 6.07) is 0. The number of aliphatic carboxylic acids is 1. The average Bonchev–Trinajstić information content (AvgIpc) is 2.02. The summed E-state index contributed by atoms with van der Waals surface area (Å²) < 4.78 is 0. The molecule has 0 saturated carbocycles. The molecule has 0 unspecified atom stereocenters. The molecule has 1 amide bonds. The average molecular weight is 185 g/mol.